The fourth-order valence-electron chi connectivity index (χ4n) is 1.72. The van der Waals surface area contributed by atoms with E-state index in [0.29, 0.717) is 0 Å². The minimum atomic E-state index is -0.327. The van der Waals surface area contributed by atoms with E-state index in [2.05, 4.69) is 18.8 Å². The highest BCUT2D eigenvalue weighted by atomic mass is 19.1. The number of rotatable bonds is 6. The van der Waals surface area contributed by atoms with Gasteiger partial charge in [0.2, 0.25) is 0 Å². The lowest BCUT2D eigenvalue weighted by atomic mass is 9.98. The minimum Gasteiger partial charge on any atom is -0.494 e. The van der Waals surface area contributed by atoms with Gasteiger partial charge >= 0.3 is 0 Å². The highest BCUT2D eigenvalue weighted by molar-refractivity contribution is 5.31. The molecule has 0 saturated carbocycles. The third kappa shape index (κ3) is 3.56. The van der Waals surface area contributed by atoms with E-state index in [1.54, 1.807) is 6.07 Å². The van der Waals surface area contributed by atoms with Gasteiger partial charge in [-0.05, 0) is 37.6 Å². The third-order valence-corrected chi connectivity index (χ3v) is 2.92. The van der Waals surface area contributed by atoms with Crippen LogP contribution in [0.25, 0.3) is 0 Å². The Morgan fingerprint density at radius 2 is 2.24 bits per heavy atom. The molecule has 0 aromatic heterocycles. The maximum absolute atomic E-state index is 13.6. The van der Waals surface area contributed by atoms with Crippen LogP contribution in [0.4, 0.5) is 4.39 Å². The number of nitrogens with one attached hydrogen (secondary N) is 1. The van der Waals surface area contributed by atoms with Crippen molar-refractivity contribution in [1.82, 2.24) is 5.32 Å². The Morgan fingerprint density at radius 3 is 2.71 bits per heavy atom. The highest BCUT2D eigenvalue weighted by Crippen LogP contribution is 2.25. The molecule has 0 saturated heterocycles. The summed E-state index contributed by atoms with van der Waals surface area (Å²) in [6.45, 7) is 6.06. The van der Waals surface area contributed by atoms with Gasteiger partial charge < -0.3 is 10.1 Å². The summed E-state index contributed by atoms with van der Waals surface area (Å²) in [6.07, 6.45) is 1.76. The summed E-state index contributed by atoms with van der Waals surface area (Å²) in [7, 11) is 3.34. The van der Waals surface area contributed by atoms with Crippen molar-refractivity contribution >= 4 is 0 Å². The fraction of sp³-hybridized carbons (Fsp3) is 0.429. The summed E-state index contributed by atoms with van der Waals surface area (Å²) in [5.41, 5.74) is 2.07. The second-order valence-corrected chi connectivity index (χ2v) is 4.04. The molecule has 0 aliphatic rings. The fourth-order valence-corrected chi connectivity index (χ4v) is 1.72. The first kappa shape index (κ1) is 13.7. The number of ether oxygens (including phenoxy) is 1. The van der Waals surface area contributed by atoms with Crippen molar-refractivity contribution in [2.75, 3.05) is 14.2 Å². The molecule has 1 unspecified atom stereocenters. The van der Waals surface area contributed by atoms with Crippen molar-refractivity contribution in [3.8, 4) is 5.75 Å². The summed E-state index contributed by atoms with van der Waals surface area (Å²) < 4.78 is 18.5. The predicted molar refractivity (Wildman–Crippen MR) is 68.8 cm³/mol. The van der Waals surface area contributed by atoms with Crippen LogP contribution in [0.1, 0.15) is 31.4 Å². The molecular formula is C14H20FNO. The summed E-state index contributed by atoms with van der Waals surface area (Å²) in [6, 6.07) is 5.15. The van der Waals surface area contributed by atoms with E-state index in [-0.39, 0.29) is 17.6 Å². The first-order valence-corrected chi connectivity index (χ1v) is 5.79. The lowest BCUT2D eigenvalue weighted by molar-refractivity contribution is 0.385. The van der Waals surface area contributed by atoms with Crippen LogP contribution in [0.5, 0.6) is 5.75 Å². The SMILES string of the molecule is C=C(CC)CC(NC)c1ccc(OC)c(F)c1. The molecule has 0 heterocycles. The molecule has 1 aromatic rings. The van der Waals surface area contributed by atoms with Gasteiger partial charge in [-0.2, -0.15) is 0 Å². The first-order chi connectivity index (χ1) is 8.12. The highest BCUT2D eigenvalue weighted by Gasteiger charge is 2.12. The van der Waals surface area contributed by atoms with Crippen LogP contribution in [0.15, 0.2) is 30.4 Å². The van der Waals surface area contributed by atoms with Gasteiger partial charge in [-0.3, -0.25) is 0 Å². The zero-order valence-corrected chi connectivity index (χ0v) is 10.7. The standard InChI is InChI=1S/C14H20FNO/c1-5-10(2)8-13(16-3)11-6-7-14(17-4)12(15)9-11/h6-7,9,13,16H,2,5,8H2,1,3-4H3. The van der Waals surface area contributed by atoms with E-state index in [1.807, 2.05) is 13.1 Å². The van der Waals surface area contributed by atoms with E-state index < -0.39 is 0 Å². The van der Waals surface area contributed by atoms with Gasteiger partial charge in [-0.1, -0.05) is 25.1 Å². The van der Waals surface area contributed by atoms with Crippen molar-refractivity contribution in [2.24, 2.45) is 0 Å². The molecular weight excluding hydrogens is 217 g/mol. The van der Waals surface area contributed by atoms with Crippen LogP contribution in [0.2, 0.25) is 0 Å². The monoisotopic (exact) mass is 237 g/mol. The van der Waals surface area contributed by atoms with Crippen LogP contribution in [0.3, 0.4) is 0 Å². The van der Waals surface area contributed by atoms with E-state index >= 15 is 0 Å². The van der Waals surface area contributed by atoms with Crippen LogP contribution in [0, 0.1) is 5.82 Å². The van der Waals surface area contributed by atoms with Crippen LogP contribution < -0.4 is 10.1 Å². The zero-order chi connectivity index (χ0) is 12.8. The molecule has 0 radical (unpaired) electrons. The Morgan fingerprint density at radius 1 is 1.53 bits per heavy atom. The van der Waals surface area contributed by atoms with E-state index in [9.17, 15) is 4.39 Å². The summed E-state index contributed by atoms with van der Waals surface area (Å²) in [4.78, 5) is 0. The van der Waals surface area contributed by atoms with Gasteiger partial charge in [0, 0.05) is 6.04 Å². The number of benzene rings is 1. The number of hydrogen-bond donors (Lipinski definition) is 1. The quantitative estimate of drug-likeness (QED) is 0.765. The summed E-state index contributed by atoms with van der Waals surface area (Å²) in [5.74, 6) is -0.0507. The largest absolute Gasteiger partial charge is 0.494 e. The van der Waals surface area contributed by atoms with Crippen molar-refractivity contribution in [3.63, 3.8) is 0 Å². The van der Waals surface area contributed by atoms with Gasteiger partial charge in [0.1, 0.15) is 0 Å². The predicted octanol–water partition coefficient (Wildman–Crippen LogP) is 3.45. The van der Waals surface area contributed by atoms with Gasteiger partial charge in [-0.15, -0.1) is 0 Å². The van der Waals surface area contributed by atoms with E-state index in [4.69, 9.17) is 4.74 Å². The lowest BCUT2D eigenvalue weighted by Crippen LogP contribution is -2.17. The molecule has 17 heavy (non-hydrogen) atoms. The molecule has 3 heteroatoms. The van der Waals surface area contributed by atoms with Crippen molar-refractivity contribution in [2.45, 2.75) is 25.8 Å². The second-order valence-electron chi connectivity index (χ2n) is 4.04. The molecule has 0 aliphatic carbocycles. The molecule has 0 amide bonds. The van der Waals surface area contributed by atoms with E-state index in [0.717, 1.165) is 24.0 Å². The molecule has 0 fully saturated rings. The number of halogens is 1. The smallest absolute Gasteiger partial charge is 0.165 e. The van der Waals surface area contributed by atoms with Gasteiger partial charge in [0.15, 0.2) is 11.6 Å². The second kappa shape index (κ2) is 6.40. The molecule has 0 aliphatic heterocycles. The first-order valence-electron chi connectivity index (χ1n) is 5.79. The molecule has 94 valence electrons. The van der Waals surface area contributed by atoms with Gasteiger partial charge in [-0.25, -0.2) is 4.39 Å². The normalized spacial score (nSPS) is 12.2. The molecule has 2 nitrogen and oxygen atoms in total. The van der Waals surface area contributed by atoms with E-state index in [1.165, 1.54) is 13.2 Å². The molecule has 1 N–H and O–H groups in total. The van der Waals surface area contributed by atoms with Crippen molar-refractivity contribution in [3.05, 3.63) is 41.7 Å². The summed E-state index contributed by atoms with van der Waals surface area (Å²) in [5, 5.41) is 3.18. The maximum atomic E-state index is 13.6. The minimum absolute atomic E-state index is 0.0999. The lowest BCUT2D eigenvalue weighted by Gasteiger charge is -2.18. The average Bonchev–Trinajstić information content (AvgIpc) is 2.35. The number of hydrogen-bond acceptors (Lipinski definition) is 2. The molecule has 1 rings (SSSR count). The summed E-state index contributed by atoms with van der Waals surface area (Å²) >= 11 is 0. The molecule has 1 atom stereocenters. The topological polar surface area (TPSA) is 21.3 Å². The molecule has 0 spiro atoms. The van der Waals surface area contributed by atoms with Crippen LogP contribution in [-0.2, 0) is 0 Å². The van der Waals surface area contributed by atoms with Crippen LogP contribution in [-0.4, -0.2) is 14.2 Å². The Hall–Kier alpha value is -1.35. The Labute approximate surface area is 102 Å². The van der Waals surface area contributed by atoms with Crippen molar-refractivity contribution in [1.29, 1.82) is 0 Å². The van der Waals surface area contributed by atoms with Gasteiger partial charge in [0.25, 0.3) is 0 Å². The zero-order valence-electron chi connectivity index (χ0n) is 10.7. The average molecular weight is 237 g/mol. The van der Waals surface area contributed by atoms with Crippen molar-refractivity contribution < 1.29 is 9.13 Å². The molecule has 1 aromatic carbocycles. The maximum Gasteiger partial charge on any atom is 0.165 e. The third-order valence-electron chi connectivity index (χ3n) is 2.92. The molecule has 0 bridgehead atoms. The Bertz CT molecular complexity index is 390. The van der Waals surface area contributed by atoms with Gasteiger partial charge in [0.05, 0.1) is 7.11 Å². The van der Waals surface area contributed by atoms with Crippen LogP contribution >= 0.6 is 0 Å². The number of methoxy groups -OCH3 is 1. The Balaban J connectivity index is 2.88. The Kier molecular flexibility index (Phi) is 5.16.